The highest BCUT2D eigenvalue weighted by atomic mass is 16.2. The molecule has 0 aromatic heterocycles. The first-order valence-electron chi connectivity index (χ1n) is 3.89. The molecule has 0 aliphatic carbocycles. The van der Waals surface area contributed by atoms with Gasteiger partial charge >= 0.3 is 0 Å². The van der Waals surface area contributed by atoms with Gasteiger partial charge in [-0.3, -0.25) is 4.79 Å². The van der Waals surface area contributed by atoms with Crippen molar-refractivity contribution < 1.29 is 4.79 Å². The third kappa shape index (κ3) is 1.80. The van der Waals surface area contributed by atoms with E-state index in [1.807, 2.05) is 17.9 Å². The lowest BCUT2D eigenvalue weighted by Crippen LogP contribution is -2.43. The van der Waals surface area contributed by atoms with Crippen LogP contribution in [0.4, 0.5) is 0 Å². The van der Waals surface area contributed by atoms with E-state index in [0.29, 0.717) is 0 Å². The van der Waals surface area contributed by atoms with Crippen LogP contribution in [-0.2, 0) is 4.79 Å². The summed E-state index contributed by atoms with van der Waals surface area (Å²) in [6, 6.07) is 0. The minimum absolute atomic E-state index is 0.139. The fourth-order valence-electron chi connectivity index (χ4n) is 1.26. The van der Waals surface area contributed by atoms with Crippen LogP contribution in [0, 0.1) is 0 Å². The molecule has 0 aromatic carbocycles. The van der Waals surface area contributed by atoms with Crippen LogP contribution < -0.4 is 5.32 Å². The minimum Gasteiger partial charge on any atom is -0.314 e. The van der Waals surface area contributed by atoms with Crippen molar-refractivity contribution in [2.75, 3.05) is 19.6 Å². The molecule has 1 aliphatic heterocycles. The maximum atomic E-state index is 11.0. The third-order valence-electron chi connectivity index (χ3n) is 1.88. The Hall–Kier alpha value is -0.830. The molecule has 1 saturated heterocycles. The van der Waals surface area contributed by atoms with Gasteiger partial charge in [0.25, 0.3) is 0 Å². The fourth-order valence-corrected chi connectivity index (χ4v) is 1.26. The van der Waals surface area contributed by atoms with Crippen molar-refractivity contribution >= 4 is 5.91 Å². The van der Waals surface area contributed by atoms with Crippen molar-refractivity contribution in [2.45, 2.75) is 13.8 Å². The molecule has 0 spiro atoms. The third-order valence-corrected chi connectivity index (χ3v) is 1.88. The molecule has 11 heavy (non-hydrogen) atoms. The number of carbonyl (C=O) groups is 1. The molecule has 1 amide bonds. The minimum atomic E-state index is 0.139. The summed E-state index contributed by atoms with van der Waals surface area (Å²) in [6.45, 7) is 6.08. The predicted octanol–water partition coefficient (Wildman–Crippen LogP) is 0.342. The van der Waals surface area contributed by atoms with E-state index < -0.39 is 0 Å². The normalized spacial score (nSPS) is 22.4. The summed E-state index contributed by atoms with van der Waals surface area (Å²) >= 11 is 0. The van der Waals surface area contributed by atoms with E-state index in [9.17, 15) is 4.79 Å². The second-order valence-electron chi connectivity index (χ2n) is 2.63. The summed E-state index contributed by atoms with van der Waals surface area (Å²) in [4.78, 5) is 12.8. The van der Waals surface area contributed by atoms with Gasteiger partial charge in [-0.05, 0) is 6.92 Å². The highest BCUT2D eigenvalue weighted by Gasteiger charge is 2.16. The number of nitrogens with one attached hydrogen (secondary N) is 1. The van der Waals surface area contributed by atoms with Crippen LogP contribution in [0.3, 0.4) is 0 Å². The molecule has 1 rings (SSSR count). The first kappa shape index (κ1) is 8.27. The van der Waals surface area contributed by atoms with E-state index in [4.69, 9.17) is 0 Å². The lowest BCUT2D eigenvalue weighted by atomic mass is 10.2. The number of piperazine rings is 1. The number of rotatable bonds is 0. The van der Waals surface area contributed by atoms with Crippen LogP contribution in [0.15, 0.2) is 11.8 Å². The summed E-state index contributed by atoms with van der Waals surface area (Å²) in [5, 5.41) is 3.21. The first-order chi connectivity index (χ1) is 5.25. The van der Waals surface area contributed by atoms with Gasteiger partial charge in [-0.1, -0.05) is 6.08 Å². The summed E-state index contributed by atoms with van der Waals surface area (Å²) < 4.78 is 0. The van der Waals surface area contributed by atoms with Gasteiger partial charge in [-0.15, -0.1) is 0 Å². The Balaban J connectivity index is 2.67. The Morgan fingerprint density at radius 3 is 2.91 bits per heavy atom. The predicted molar refractivity (Wildman–Crippen MR) is 44.0 cm³/mol. The quantitative estimate of drug-likeness (QED) is 0.545. The Kier molecular flexibility index (Phi) is 2.65. The van der Waals surface area contributed by atoms with Crippen LogP contribution in [0.25, 0.3) is 0 Å². The van der Waals surface area contributed by atoms with E-state index in [1.54, 1.807) is 6.92 Å². The largest absolute Gasteiger partial charge is 0.314 e. The summed E-state index contributed by atoms with van der Waals surface area (Å²) in [5.74, 6) is 0.139. The highest BCUT2D eigenvalue weighted by Crippen LogP contribution is 2.06. The van der Waals surface area contributed by atoms with Gasteiger partial charge in [0.2, 0.25) is 5.91 Å². The Bertz CT molecular complexity index is 187. The molecule has 0 saturated carbocycles. The molecular formula is C8H14N2O. The molecule has 3 nitrogen and oxygen atoms in total. The van der Waals surface area contributed by atoms with Crippen LogP contribution in [-0.4, -0.2) is 30.4 Å². The number of allylic oxidation sites excluding steroid dienone is 1. The molecule has 1 N–H and O–H groups in total. The molecule has 1 aliphatic rings. The zero-order chi connectivity index (χ0) is 8.27. The van der Waals surface area contributed by atoms with Gasteiger partial charge in [-0.25, -0.2) is 0 Å². The molecule has 0 bridgehead atoms. The smallest absolute Gasteiger partial charge is 0.223 e. The van der Waals surface area contributed by atoms with Gasteiger partial charge in [0.05, 0.1) is 0 Å². The molecule has 62 valence electrons. The Morgan fingerprint density at radius 1 is 1.73 bits per heavy atom. The van der Waals surface area contributed by atoms with E-state index in [2.05, 4.69) is 5.32 Å². The molecule has 0 radical (unpaired) electrons. The highest BCUT2D eigenvalue weighted by molar-refractivity contribution is 5.75. The number of hydrogen-bond donors (Lipinski definition) is 1. The van der Waals surface area contributed by atoms with Crippen molar-refractivity contribution in [3.05, 3.63) is 11.8 Å². The molecular weight excluding hydrogens is 140 g/mol. The van der Waals surface area contributed by atoms with Gasteiger partial charge in [-0.2, -0.15) is 0 Å². The second-order valence-corrected chi connectivity index (χ2v) is 2.63. The number of carbonyl (C=O) groups excluding carboxylic acids is 1. The standard InChI is InChI=1S/C8H14N2O/c1-3-8-6-9-4-5-10(8)7(2)11/h3,9H,4-6H2,1-2H3/b8-3-. The summed E-state index contributed by atoms with van der Waals surface area (Å²) in [7, 11) is 0. The van der Waals surface area contributed by atoms with Crippen LogP contribution in [0.5, 0.6) is 0 Å². The van der Waals surface area contributed by atoms with E-state index >= 15 is 0 Å². The average Bonchev–Trinajstić information content (AvgIpc) is 2.04. The maximum Gasteiger partial charge on any atom is 0.223 e. The topological polar surface area (TPSA) is 32.3 Å². The van der Waals surface area contributed by atoms with Gasteiger partial charge < -0.3 is 10.2 Å². The lowest BCUT2D eigenvalue weighted by Gasteiger charge is -2.29. The second kappa shape index (κ2) is 3.53. The lowest BCUT2D eigenvalue weighted by molar-refractivity contribution is -0.127. The van der Waals surface area contributed by atoms with Crippen molar-refractivity contribution in [1.82, 2.24) is 10.2 Å². The van der Waals surface area contributed by atoms with Crippen molar-refractivity contribution in [1.29, 1.82) is 0 Å². The molecule has 3 heteroatoms. The molecule has 1 fully saturated rings. The Morgan fingerprint density at radius 2 is 2.45 bits per heavy atom. The van der Waals surface area contributed by atoms with Gasteiger partial charge in [0.15, 0.2) is 0 Å². The number of amides is 1. The fraction of sp³-hybridized carbons (Fsp3) is 0.625. The van der Waals surface area contributed by atoms with Crippen LogP contribution in [0.2, 0.25) is 0 Å². The molecule has 0 aromatic rings. The Labute approximate surface area is 67.1 Å². The number of hydrogen-bond acceptors (Lipinski definition) is 2. The van der Waals surface area contributed by atoms with E-state index in [0.717, 1.165) is 25.3 Å². The zero-order valence-corrected chi connectivity index (χ0v) is 7.05. The van der Waals surface area contributed by atoms with Crippen molar-refractivity contribution in [3.8, 4) is 0 Å². The molecule has 1 heterocycles. The molecule has 0 atom stereocenters. The monoisotopic (exact) mass is 154 g/mol. The van der Waals surface area contributed by atoms with Crippen molar-refractivity contribution in [2.24, 2.45) is 0 Å². The van der Waals surface area contributed by atoms with E-state index in [1.165, 1.54) is 0 Å². The van der Waals surface area contributed by atoms with E-state index in [-0.39, 0.29) is 5.91 Å². The van der Waals surface area contributed by atoms with Gasteiger partial charge in [0.1, 0.15) is 0 Å². The zero-order valence-electron chi connectivity index (χ0n) is 7.05. The summed E-state index contributed by atoms with van der Waals surface area (Å²) in [6.07, 6.45) is 1.98. The van der Waals surface area contributed by atoms with Crippen LogP contribution >= 0.6 is 0 Å². The van der Waals surface area contributed by atoms with Crippen molar-refractivity contribution in [3.63, 3.8) is 0 Å². The summed E-state index contributed by atoms with van der Waals surface area (Å²) in [5.41, 5.74) is 1.09. The van der Waals surface area contributed by atoms with Crippen LogP contribution in [0.1, 0.15) is 13.8 Å². The molecule has 0 unspecified atom stereocenters. The maximum absolute atomic E-state index is 11.0. The van der Waals surface area contributed by atoms with Gasteiger partial charge in [0, 0.05) is 32.3 Å². The number of nitrogens with zero attached hydrogens (tertiary/aromatic N) is 1. The average molecular weight is 154 g/mol. The first-order valence-corrected chi connectivity index (χ1v) is 3.89. The SMILES string of the molecule is C/C=C1/CNCCN1C(C)=O.